The van der Waals surface area contributed by atoms with E-state index in [4.69, 9.17) is 4.18 Å². The first-order valence-corrected chi connectivity index (χ1v) is 4.79. The molecule has 2 atom stereocenters. The lowest BCUT2D eigenvalue weighted by Crippen LogP contribution is -2.26. The highest BCUT2D eigenvalue weighted by molar-refractivity contribution is 7.85. The second-order valence-corrected chi connectivity index (χ2v) is 4.08. The van der Waals surface area contributed by atoms with E-state index in [0.29, 0.717) is 0 Å². The molecule has 0 amide bonds. The molecule has 1 saturated carbocycles. The fourth-order valence-electron chi connectivity index (χ4n) is 1.55. The van der Waals surface area contributed by atoms with Crippen LogP contribution < -0.4 is 4.72 Å². The zero-order valence-electron chi connectivity index (χ0n) is 5.41. The van der Waals surface area contributed by atoms with E-state index in [1.807, 2.05) is 0 Å². The van der Waals surface area contributed by atoms with Gasteiger partial charge >= 0.3 is 10.3 Å². The number of nitrogens with one attached hydrogen (secondary N) is 1. The molecule has 1 N–H and O–H groups in total. The van der Waals surface area contributed by atoms with Crippen LogP contribution in [0, 0.1) is 0 Å². The lowest BCUT2D eigenvalue weighted by molar-refractivity contribution is 0.234. The summed E-state index contributed by atoms with van der Waals surface area (Å²) in [5.74, 6) is 0. The normalized spacial score (nSPS) is 43.6. The molecule has 4 nitrogen and oxygen atoms in total. The minimum absolute atomic E-state index is 0.0602. The predicted octanol–water partition coefficient (Wildman–Crippen LogP) is -0.228. The molecule has 0 unspecified atom stereocenters. The summed E-state index contributed by atoms with van der Waals surface area (Å²) in [5.41, 5.74) is 0. The highest BCUT2D eigenvalue weighted by atomic mass is 32.2. The number of hydrogen-bond donors (Lipinski definition) is 1. The third-order valence-corrected chi connectivity index (χ3v) is 3.09. The summed E-state index contributed by atoms with van der Waals surface area (Å²) in [6.07, 6.45) is 2.78. The summed E-state index contributed by atoms with van der Waals surface area (Å²) >= 11 is 0. The van der Waals surface area contributed by atoms with Crippen molar-refractivity contribution in [2.45, 2.75) is 31.4 Å². The van der Waals surface area contributed by atoms with Crippen molar-refractivity contribution in [2.75, 3.05) is 0 Å². The Morgan fingerprint density at radius 2 is 2.20 bits per heavy atom. The molecule has 0 spiro atoms. The van der Waals surface area contributed by atoms with E-state index >= 15 is 0 Å². The molecule has 0 radical (unpaired) electrons. The van der Waals surface area contributed by atoms with Crippen LogP contribution >= 0.6 is 0 Å². The van der Waals surface area contributed by atoms with E-state index in [0.717, 1.165) is 19.3 Å². The van der Waals surface area contributed by atoms with Crippen LogP contribution in [0.15, 0.2) is 0 Å². The summed E-state index contributed by atoms with van der Waals surface area (Å²) < 4.78 is 28.6. The van der Waals surface area contributed by atoms with Crippen LogP contribution in [0.5, 0.6) is 0 Å². The van der Waals surface area contributed by atoms with Gasteiger partial charge in [0, 0.05) is 0 Å². The highest BCUT2D eigenvalue weighted by Crippen LogP contribution is 2.28. The molecule has 0 aromatic heterocycles. The van der Waals surface area contributed by atoms with E-state index in [-0.39, 0.29) is 12.1 Å². The first kappa shape index (κ1) is 6.57. The molecule has 2 rings (SSSR count). The van der Waals surface area contributed by atoms with Crippen molar-refractivity contribution in [3.05, 3.63) is 0 Å². The average molecular weight is 163 g/mol. The zero-order chi connectivity index (χ0) is 7.19. The van der Waals surface area contributed by atoms with Crippen molar-refractivity contribution in [1.29, 1.82) is 0 Å². The third kappa shape index (κ3) is 0.941. The Labute approximate surface area is 59.8 Å². The van der Waals surface area contributed by atoms with Crippen LogP contribution in [0.4, 0.5) is 0 Å². The van der Waals surface area contributed by atoms with Crippen LogP contribution in [0.25, 0.3) is 0 Å². The topological polar surface area (TPSA) is 55.4 Å². The van der Waals surface area contributed by atoms with Crippen molar-refractivity contribution in [1.82, 2.24) is 4.72 Å². The monoisotopic (exact) mass is 163 g/mol. The predicted molar refractivity (Wildman–Crippen MR) is 34.6 cm³/mol. The lowest BCUT2D eigenvalue weighted by Gasteiger charge is -2.00. The smallest absolute Gasteiger partial charge is 0.253 e. The molecule has 1 saturated heterocycles. The van der Waals surface area contributed by atoms with Crippen molar-refractivity contribution in [2.24, 2.45) is 0 Å². The lowest BCUT2D eigenvalue weighted by atomic mass is 10.2. The highest BCUT2D eigenvalue weighted by Gasteiger charge is 2.40. The summed E-state index contributed by atoms with van der Waals surface area (Å²) in [5, 5.41) is 0. The van der Waals surface area contributed by atoms with Crippen molar-refractivity contribution < 1.29 is 12.6 Å². The Morgan fingerprint density at radius 1 is 1.40 bits per heavy atom. The number of hydrogen-bond acceptors (Lipinski definition) is 3. The molecule has 2 aliphatic rings. The van der Waals surface area contributed by atoms with Crippen LogP contribution in [0.2, 0.25) is 0 Å². The SMILES string of the molecule is O=S1(=O)N[C@H]2CCC[C@H]2O1. The zero-order valence-corrected chi connectivity index (χ0v) is 6.23. The molecule has 1 heterocycles. The Balaban J connectivity index is 2.21. The van der Waals surface area contributed by atoms with Crippen molar-refractivity contribution in [3.63, 3.8) is 0 Å². The molecule has 0 aromatic rings. The standard InChI is InChI=1S/C5H9NO3S/c7-10(8)6-4-2-1-3-5(4)9-10/h4-6H,1-3H2/t4-,5+/m0/s1. The maximum Gasteiger partial charge on any atom is 0.336 e. The summed E-state index contributed by atoms with van der Waals surface area (Å²) in [6.45, 7) is 0. The molecule has 2 fully saturated rings. The summed E-state index contributed by atoms with van der Waals surface area (Å²) in [7, 11) is -3.36. The Bertz CT molecular complexity index is 217. The van der Waals surface area contributed by atoms with Gasteiger partial charge in [-0.3, -0.25) is 4.18 Å². The summed E-state index contributed by atoms with van der Waals surface area (Å²) in [6, 6.07) is 0.0602. The van der Waals surface area contributed by atoms with Crippen LogP contribution in [0.3, 0.4) is 0 Å². The fourth-order valence-corrected chi connectivity index (χ4v) is 2.80. The van der Waals surface area contributed by atoms with Gasteiger partial charge in [-0.1, -0.05) is 0 Å². The minimum atomic E-state index is -3.36. The van der Waals surface area contributed by atoms with Crippen LogP contribution in [-0.4, -0.2) is 20.6 Å². The fraction of sp³-hybridized carbons (Fsp3) is 1.00. The van der Waals surface area contributed by atoms with E-state index in [1.165, 1.54) is 0 Å². The average Bonchev–Trinajstić information content (AvgIpc) is 2.20. The van der Waals surface area contributed by atoms with Gasteiger partial charge in [0.2, 0.25) is 0 Å². The largest absolute Gasteiger partial charge is 0.336 e. The minimum Gasteiger partial charge on any atom is -0.253 e. The molecule has 1 aliphatic carbocycles. The van der Waals surface area contributed by atoms with Crippen LogP contribution in [-0.2, 0) is 14.5 Å². The molecule has 0 aromatic carbocycles. The maximum absolute atomic E-state index is 10.7. The molecule has 58 valence electrons. The Morgan fingerprint density at radius 3 is 2.90 bits per heavy atom. The van der Waals surface area contributed by atoms with E-state index in [9.17, 15) is 8.42 Å². The van der Waals surface area contributed by atoms with Gasteiger partial charge in [0.1, 0.15) is 0 Å². The molecule has 5 heteroatoms. The van der Waals surface area contributed by atoms with Gasteiger partial charge in [-0.15, -0.1) is 0 Å². The van der Waals surface area contributed by atoms with Gasteiger partial charge in [-0.2, -0.15) is 13.1 Å². The Hall–Kier alpha value is -0.130. The third-order valence-electron chi connectivity index (χ3n) is 2.00. The number of rotatable bonds is 0. The second-order valence-electron chi connectivity index (χ2n) is 2.74. The molecule has 1 aliphatic heterocycles. The Kier molecular flexibility index (Phi) is 1.27. The molecule has 0 bridgehead atoms. The second kappa shape index (κ2) is 1.93. The van der Waals surface area contributed by atoms with Crippen LogP contribution in [0.1, 0.15) is 19.3 Å². The van der Waals surface area contributed by atoms with Gasteiger partial charge in [0.15, 0.2) is 0 Å². The van der Waals surface area contributed by atoms with E-state index < -0.39 is 10.3 Å². The first-order chi connectivity index (χ1) is 4.67. The first-order valence-electron chi connectivity index (χ1n) is 3.38. The van der Waals surface area contributed by atoms with Gasteiger partial charge in [-0.25, -0.2) is 0 Å². The van der Waals surface area contributed by atoms with Gasteiger partial charge in [0.25, 0.3) is 0 Å². The van der Waals surface area contributed by atoms with Crippen molar-refractivity contribution >= 4 is 10.3 Å². The molecular formula is C5H9NO3S. The quantitative estimate of drug-likeness (QED) is 0.536. The summed E-state index contributed by atoms with van der Waals surface area (Å²) in [4.78, 5) is 0. The van der Waals surface area contributed by atoms with E-state index in [2.05, 4.69) is 4.72 Å². The maximum atomic E-state index is 10.7. The van der Waals surface area contributed by atoms with Gasteiger partial charge in [-0.05, 0) is 19.3 Å². The van der Waals surface area contributed by atoms with Gasteiger partial charge < -0.3 is 0 Å². The van der Waals surface area contributed by atoms with E-state index in [1.54, 1.807) is 0 Å². The number of fused-ring (bicyclic) bond motifs is 1. The van der Waals surface area contributed by atoms with Crippen molar-refractivity contribution in [3.8, 4) is 0 Å². The molecule has 10 heavy (non-hydrogen) atoms. The molecular weight excluding hydrogens is 154 g/mol. The van der Waals surface area contributed by atoms with Gasteiger partial charge in [0.05, 0.1) is 12.1 Å².